The zero-order chi connectivity index (χ0) is 16.6. The maximum Gasteiger partial charge on any atom is 0.256 e. The van der Waals surface area contributed by atoms with Gasteiger partial charge in [0.25, 0.3) is 5.24 Å². The third-order valence-corrected chi connectivity index (χ3v) is 4.22. The summed E-state index contributed by atoms with van der Waals surface area (Å²) in [4.78, 5) is 24.5. The van der Waals surface area contributed by atoms with Crippen molar-refractivity contribution in [2.45, 2.75) is 13.0 Å². The van der Waals surface area contributed by atoms with Gasteiger partial charge in [-0.2, -0.15) is 0 Å². The molecule has 0 bridgehead atoms. The molecule has 4 nitrogen and oxygen atoms in total. The Morgan fingerprint density at radius 2 is 1.91 bits per heavy atom. The average Bonchev–Trinajstić information content (AvgIpc) is 2.57. The van der Waals surface area contributed by atoms with Crippen LogP contribution in [0.25, 0.3) is 0 Å². The van der Waals surface area contributed by atoms with Gasteiger partial charge in [0.05, 0.1) is 24.2 Å². The van der Waals surface area contributed by atoms with Crippen molar-refractivity contribution in [1.29, 1.82) is 0 Å². The predicted molar refractivity (Wildman–Crippen MR) is 86.5 cm³/mol. The maximum absolute atomic E-state index is 12.8. The molecule has 0 N–H and O–H groups in total. The van der Waals surface area contributed by atoms with Gasteiger partial charge < -0.3 is 9.47 Å². The lowest BCUT2D eigenvalue weighted by Crippen LogP contribution is -2.30. The fraction of sp³-hybridized carbons (Fsp3) is 0.222. The van der Waals surface area contributed by atoms with Gasteiger partial charge in [0.15, 0.2) is 5.78 Å². The smallest absolute Gasteiger partial charge is 0.256 e. The van der Waals surface area contributed by atoms with Gasteiger partial charge in [-0.1, -0.05) is 37.3 Å². The number of halogens is 1. The minimum absolute atomic E-state index is 0.0989. The number of ketones is 1. The van der Waals surface area contributed by atoms with E-state index in [-0.39, 0.29) is 23.0 Å². The Morgan fingerprint density at radius 3 is 2.52 bits per heavy atom. The molecule has 2 aromatic rings. The normalized spacial score (nSPS) is 19.7. The van der Waals surface area contributed by atoms with Crippen LogP contribution in [0.2, 0.25) is 0 Å². The van der Waals surface area contributed by atoms with Crippen LogP contribution in [0.3, 0.4) is 0 Å². The molecule has 2 atom stereocenters. The Balaban J connectivity index is 2.15. The number of hydrogen-bond acceptors (Lipinski definition) is 4. The third kappa shape index (κ3) is 2.70. The molecule has 0 unspecified atom stereocenters. The molecule has 0 fully saturated rings. The SMILES string of the molecule is COc1cc(C(=O)Cl)c2c(c1)C(=O)[C@@H](C)[C@@H](c1ccccc1)O2. The Bertz CT molecular complexity index is 770. The number of fused-ring (bicyclic) bond motifs is 1. The number of rotatable bonds is 3. The zero-order valence-electron chi connectivity index (χ0n) is 12.7. The second-order valence-electron chi connectivity index (χ2n) is 5.43. The van der Waals surface area contributed by atoms with Gasteiger partial charge in [-0.15, -0.1) is 0 Å². The number of benzene rings is 2. The predicted octanol–water partition coefficient (Wildman–Crippen LogP) is 4.03. The summed E-state index contributed by atoms with van der Waals surface area (Å²) in [6.45, 7) is 1.81. The first-order chi connectivity index (χ1) is 11.0. The summed E-state index contributed by atoms with van der Waals surface area (Å²) in [5.41, 5.74) is 1.35. The molecule has 0 aromatic heterocycles. The first-order valence-electron chi connectivity index (χ1n) is 7.20. The van der Waals surface area contributed by atoms with Gasteiger partial charge in [0.2, 0.25) is 0 Å². The van der Waals surface area contributed by atoms with E-state index >= 15 is 0 Å². The first-order valence-corrected chi connectivity index (χ1v) is 7.58. The molecule has 118 valence electrons. The molecule has 0 aliphatic carbocycles. The lowest BCUT2D eigenvalue weighted by molar-refractivity contribution is 0.0686. The van der Waals surface area contributed by atoms with Crippen molar-refractivity contribution in [3.05, 3.63) is 59.2 Å². The Labute approximate surface area is 139 Å². The van der Waals surface area contributed by atoms with E-state index in [0.29, 0.717) is 11.3 Å². The number of hydrogen-bond donors (Lipinski definition) is 0. The minimum Gasteiger partial charge on any atom is -0.497 e. The molecule has 2 aromatic carbocycles. The van der Waals surface area contributed by atoms with Crippen LogP contribution < -0.4 is 9.47 Å². The van der Waals surface area contributed by atoms with E-state index in [9.17, 15) is 9.59 Å². The second kappa shape index (κ2) is 6.05. The van der Waals surface area contributed by atoms with Gasteiger partial charge in [0, 0.05) is 0 Å². The molecular formula is C18H15ClO4. The highest BCUT2D eigenvalue weighted by atomic mass is 35.5. The topological polar surface area (TPSA) is 52.6 Å². The maximum atomic E-state index is 12.8. The quantitative estimate of drug-likeness (QED) is 0.797. The van der Waals surface area contributed by atoms with Crippen LogP contribution in [0.4, 0.5) is 0 Å². The lowest BCUT2D eigenvalue weighted by atomic mass is 9.86. The summed E-state index contributed by atoms with van der Waals surface area (Å²) in [5, 5.41) is -0.686. The van der Waals surface area contributed by atoms with Crippen molar-refractivity contribution in [2.24, 2.45) is 5.92 Å². The van der Waals surface area contributed by atoms with Crippen LogP contribution in [0.5, 0.6) is 11.5 Å². The van der Waals surface area contributed by atoms with Crippen LogP contribution in [0, 0.1) is 5.92 Å². The van der Waals surface area contributed by atoms with Crippen LogP contribution >= 0.6 is 11.6 Å². The Hall–Kier alpha value is -2.33. The number of methoxy groups -OCH3 is 1. The third-order valence-electron chi connectivity index (χ3n) is 4.02. The van der Waals surface area contributed by atoms with E-state index in [1.807, 2.05) is 37.3 Å². The number of ether oxygens (including phenoxy) is 2. The number of carbonyl (C=O) groups excluding carboxylic acids is 2. The summed E-state index contributed by atoms with van der Waals surface area (Å²) in [6.07, 6.45) is -0.459. The van der Waals surface area contributed by atoms with Gasteiger partial charge in [-0.05, 0) is 29.3 Å². The Kier molecular flexibility index (Phi) is 4.09. The molecule has 1 aliphatic rings. The van der Waals surface area contributed by atoms with E-state index < -0.39 is 11.3 Å². The minimum atomic E-state index is -0.686. The monoisotopic (exact) mass is 330 g/mol. The fourth-order valence-electron chi connectivity index (χ4n) is 2.79. The van der Waals surface area contributed by atoms with Crippen molar-refractivity contribution in [2.75, 3.05) is 7.11 Å². The van der Waals surface area contributed by atoms with Crippen LogP contribution in [-0.4, -0.2) is 18.1 Å². The summed E-state index contributed by atoms with van der Waals surface area (Å²) < 4.78 is 11.2. The molecule has 0 saturated heterocycles. The number of carbonyl (C=O) groups is 2. The largest absolute Gasteiger partial charge is 0.497 e. The summed E-state index contributed by atoms with van der Waals surface area (Å²) >= 11 is 5.66. The van der Waals surface area contributed by atoms with E-state index in [1.165, 1.54) is 13.2 Å². The highest BCUT2D eigenvalue weighted by molar-refractivity contribution is 6.68. The van der Waals surface area contributed by atoms with Gasteiger partial charge >= 0.3 is 0 Å². The molecule has 0 saturated carbocycles. The molecule has 0 radical (unpaired) electrons. The lowest BCUT2D eigenvalue weighted by Gasteiger charge is -2.32. The van der Waals surface area contributed by atoms with E-state index in [1.54, 1.807) is 6.07 Å². The number of Topliss-reactive ketones (excluding diaryl/α,β-unsaturated/α-hetero) is 1. The molecular weight excluding hydrogens is 316 g/mol. The Morgan fingerprint density at radius 1 is 1.22 bits per heavy atom. The van der Waals surface area contributed by atoms with E-state index in [4.69, 9.17) is 21.1 Å². The van der Waals surface area contributed by atoms with Crippen LogP contribution in [0.15, 0.2) is 42.5 Å². The highest BCUT2D eigenvalue weighted by Crippen LogP contribution is 2.42. The van der Waals surface area contributed by atoms with Gasteiger partial charge in [-0.25, -0.2) is 0 Å². The summed E-state index contributed by atoms with van der Waals surface area (Å²) in [7, 11) is 1.47. The molecule has 1 heterocycles. The van der Waals surface area contributed by atoms with Crippen LogP contribution in [0.1, 0.15) is 39.3 Å². The van der Waals surface area contributed by atoms with Crippen molar-refractivity contribution in [1.82, 2.24) is 0 Å². The van der Waals surface area contributed by atoms with E-state index in [0.717, 1.165) is 5.56 Å². The van der Waals surface area contributed by atoms with E-state index in [2.05, 4.69) is 0 Å². The molecule has 0 amide bonds. The fourth-order valence-corrected chi connectivity index (χ4v) is 2.93. The molecule has 1 aliphatic heterocycles. The molecule has 5 heteroatoms. The van der Waals surface area contributed by atoms with Crippen molar-refractivity contribution >= 4 is 22.6 Å². The molecule has 3 rings (SSSR count). The average molecular weight is 331 g/mol. The summed E-state index contributed by atoms with van der Waals surface area (Å²) in [6, 6.07) is 12.5. The van der Waals surface area contributed by atoms with Crippen molar-refractivity contribution in [3.63, 3.8) is 0 Å². The van der Waals surface area contributed by atoms with Crippen LogP contribution in [-0.2, 0) is 0 Å². The van der Waals surface area contributed by atoms with Gasteiger partial charge in [0.1, 0.15) is 17.6 Å². The first kappa shape index (κ1) is 15.6. The van der Waals surface area contributed by atoms with Gasteiger partial charge in [-0.3, -0.25) is 9.59 Å². The molecule has 0 spiro atoms. The molecule has 23 heavy (non-hydrogen) atoms. The standard InChI is InChI=1S/C18H15ClO4/c1-10-15(20)13-8-12(22-2)9-14(18(19)21)17(13)23-16(10)11-6-4-3-5-7-11/h3-10,16H,1-2H3/t10-,16+/m1/s1. The van der Waals surface area contributed by atoms with Crippen molar-refractivity contribution < 1.29 is 19.1 Å². The zero-order valence-corrected chi connectivity index (χ0v) is 13.5. The second-order valence-corrected chi connectivity index (χ2v) is 5.77. The highest BCUT2D eigenvalue weighted by Gasteiger charge is 2.37. The summed E-state index contributed by atoms with van der Waals surface area (Å²) in [5.74, 6) is 0.145. The van der Waals surface area contributed by atoms with Crippen molar-refractivity contribution in [3.8, 4) is 11.5 Å².